The molecule has 7 heteroatoms. The van der Waals surface area contributed by atoms with Gasteiger partial charge in [-0.05, 0) is 29.8 Å². The molecule has 1 N–H and O–H groups in total. The van der Waals surface area contributed by atoms with E-state index >= 15 is 0 Å². The fraction of sp³-hybridized carbons (Fsp3) is 0.250. The number of halogens is 1. The molecule has 0 radical (unpaired) electrons. The molecule has 0 heterocycles. The van der Waals surface area contributed by atoms with Crippen LogP contribution in [0.3, 0.4) is 0 Å². The Morgan fingerprint density at radius 3 is 2.21 bits per heavy atom. The van der Waals surface area contributed by atoms with Gasteiger partial charge >= 0.3 is 7.60 Å². The summed E-state index contributed by atoms with van der Waals surface area (Å²) >= 11 is 0. The van der Waals surface area contributed by atoms with Crippen LogP contribution in [0.25, 0.3) is 5.70 Å². The molecule has 0 aliphatic heterocycles. The van der Waals surface area contributed by atoms with Gasteiger partial charge < -0.3 is 14.4 Å². The maximum Gasteiger partial charge on any atom is 0.355 e. The van der Waals surface area contributed by atoms with E-state index in [2.05, 4.69) is 5.32 Å². The van der Waals surface area contributed by atoms with Gasteiger partial charge in [0.1, 0.15) is 5.82 Å². The van der Waals surface area contributed by atoms with Gasteiger partial charge in [0.05, 0.1) is 11.5 Å². The first-order valence-electron chi connectivity index (χ1n) is 5.38. The normalized spacial score (nSPS) is 12.3. The molecule has 1 aromatic rings. The lowest BCUT2D eigenvalue weighted by Gasteiger charge is -2.13. The van der Waals surface area contributed by atoms with Gasteiger partial charge in [-0.2, -0.15) is 0 Å². The molecular weight excluding hydrogens is 272 g/mol. The van der Waals surface area contributed by atoms with Crippen LogP contribution in [0.1, 0.15) is 12.5 Å². The number of benzene rings is 1. The SMILES string of the molecule is COP(=O)(/C=C(\NC(C)=O)c1ccc(F)cc1)OC. The summed E-state index contributed by atoms with van der Waals surface area (Å²) in [5.74, 6) is 0.420. The highest BCUT2D eigenvalue weighted by Gasteiger charge is 2.20. The van der Waals surface area contributed by atoms with E-state index in [-0.39, 0.29) is 11.6 Å². The summed E-state index contributed by atoms with van der Waals surface area (Å²) in [6.45, 7) is 1.31. The molecule has 1 aromatic carbocycles. The number of nitrogens with one attached hydrogen (secondary N) is 1. The summed E-state index contributed by atoms with van der Waals surface area (Å²) in [5, 5.41) is 2.51. The third-order valence-corrected chi connectivity index (χ3v) is 3.85. The van der Waals surface area contributed by atoms with E-state index in [4.69, 9.17) is 9.05 Å². The highest BCUT2D eigenvalue weighted by atomic mass is 31.2. The Balaban J connectivity index is 3.21. The molecule has 1 amide bonds. The van der Waals surface area contributed by atoms with Crippen molar-refractivity contribution in [2.45, 2.75) is 6.92 Å². The second kappa shape index (κ2) is 6.61. The van der Waals surface area contributed by atoms with Gasteiger partial charge in [0.2, 0.25) is 5.91 Å². The van der Waals surface area contributed by atoms with Crippen molar-refractivity contribution in [2.75, 3.05) is 14.2 Å². The van der Waals surface area contributed by atoms with Gasteiger partial charge in [-0.25, -0.2) is 4.39 Å². The Hall–Kier alpha value is -1.49. The summed E-state index contributed by atoms with van der Waals surface area (Å²) < 4.78 is 34.5. The second-order valence-corrected chi connectivity index (χ2v) is 5.70. The standard InChI is InChI=1S/C12H15FNO4P/c1-9(15)14-12(8-19(16,17-2)18-3)10-4-6-11(13)7-5-10/h4-8H,1-3H3,(H,14,15)/b12-8-. The molecule has 0 unspecified atom stereocenters. The van der Waals surface area contributed by atoms with E-state index in [1.165, 1.54) is 51.2 Å². The molecule has 0 aliphatic rings. The molecule has 0 aromatic heterocycles. The predicted octanol–water partition coefficient (Wildman–Crippen LogP) is 2.75. The van der Waals surface area contributed by atoms with E-state index in [9.17, 15) is 13.8 Å². The first-order chi connectivity index (χ1) is 8.90. The smallest absolute Gasteiger partial charge is 0.325 e. The summed E-state index contributed by atoms with van der Waals surface area (Å²) in [7, 11) is -0.975. The Labute approximate surface area is 110 Å². The molecule has 0 aliphatic carbocycles. The van der Waals surface area contributed by atoms with Crippen LogP contribution in [0.4, 0.5) is 4.39 Å². The highest BCUT2D eigenvalue weighted by molar-refractivity contribution is 7.57. The largest absolute Gasteiger partial charge is 0.355 e. The minimum atomic E-state index is -3.44. The van der Waals surface area contributed by atoms with Crippen LogP contribution in [0.15, 0.2) is 30.1 Å². The van der Waals surface area contributed by atoms with Crippen LogP contribution in [0.2, 0.25) is 0 Å². The van der Waals surface area contributed by atoms with E-state index in [1.807, 2.05) is 0 Å². The zero-order valence-electron chi connectivity index (χ0n) is 10.8. The lowest BCUT2D eigenvalue weighted by Crippen LogP contribution is -2.18. The molecule has 0 fully saturated rings. The van der Waals surface area contributed by atoms with Crippen LogP contribution in [-0.2, 0) is 18.4 Å². The third kappa shape index (κ3) is 4.59. The molecule has 1 rings (SSSR count). The summed E-state index contributed by atoms with van der Waals surface area (Å²) in [4.78, 5) is 11.2. The molecular formula is C12H15FNO4P. The molecule has 5 nitrogen and oxygen atoms in total. The van der Waals surface area contributed by atoms with Crippen LogP contribution < -0.4 is 5.32 Å². The van der Waals surface area contributed by atoms with E-state index < -0.39 is 13.4 Å². The van der Waals surface area contributed by atoms with Crippen molar-refractivity contribution in [3.63, 3.8) is 0 Å². The van der Waals surface area contributed by atoms with Gasteiger partial charge in [-0.3, -0.25) is 9.36 Å². The summed E-state index contributed by atoms with van der Waals surface area (Å²) in [5.41, 5.74) is 0.727. The summed E-state index contributed by atoms with van der Waals surface area (Å²) in [6, 6.07) is 5.37. The van der Waals surface area contributed by atoms with Crippen LogP contribution in [-0.4, -0.2) is 20.1 Å². The van der Waals surface area contributed by atoms with E-state index in [1.54, 1.807) is 0 Å². The number of amides is 1. The lowest BCUT2D eigenvalue weighted by atomic mass is 10.2. The minimum absolute atomic E-state index is 0.236. The maximum atomic E-state index is 12.9. The number of carbonyl (C=O) groups excluding carboxylic acids is 1. The minimum Gasteiger partial charge on any atom is -0.325 e. The Bertz CT molecular complexity index is 519. The molecule has 0 saturated carbocycles. The lowest BCUT2D eigenvalue weighted by molar-refractivity contribution is -0.117. The number of rotatable bonds is 5. The van der Waals surface area contributed by atoms with Crippen LogP contribution in [0.5, 0.6) is 0 Å². The maximum absolute atomic E-state index is 12.9. The fourth-order valence-electron chi connectivity index (χ4n) is 1.34. The molecule has 0 spiro atoms. The molecule has 104 valence electrons. The van der Waals surface area contributed by atoms with Crippen molar-refractivity contribution in [2.24, 2.45) is 0 Å². The topological polar surface area (TPSA) is 64.6 Å². The van der Waals surface area contributed by atoms with Gasteiger partial charge in [0.15, 0.2) is 0 Å². The second-order valence-electron chi connectivity index (χ2n) is 3.64. The molecule has 0 saturated heterocycles. The Morgan fingerprint density at radius 2 is 1.79 bits per heavy atom. The van der Waals surface area contributed by atoms with Crippen molar-refractivity contribution < 1.29 is 22.8 Å². The van der Waals surface area contributed by atoms with Crippen molar-refractivity contribution in [1.82, 2.24) is 5.32 Å². The predicted molar refractivity (Wildman–Crippen MR) is 69.8 cm³/mol. The first-order valence-corrected chi connectivity index (χ1v) is 6.99. The monoisotopic (exact) mass is 287 g/mol. The van der Waals surface area contributed by atoms with Gasteiger partial charge in [-0.15, -0.1) is 0 Å². The first kappa shape index (κ1) is 15.6. The highest BCUT2D eigenvalue weighted by Crippen LogP contribution is 2.49. The average Bonchev–Trinajstić information content (AvgIpc) is 2.38. The quantitative estimate of drug-likeness (QED) is 0.846. The van der Waals surface area contributed by atoms with Gasteiger partial charge in [-0.1, -0.05) is 0 Å². The number of hydrogen-bond donors (Lipinski definition) is 1. The van der Waals surface area contributed by atoms with Gasteiger partial charge in [0.25, 0.3) is 0 Å². The van der Waals surface area contributed by atoms with Gasteiger partial charge in [0, 0.05) is 21.1 Å². The third-order valence-electron chi connectivity index (χ3n) is 2.26. The molecule has 19 heavy (non-hydrogen) atoms. The number of carbonyl (C=O) groups is 1. The van der Waals surface area contributed by atoms with Crippen molar-refractivity contribution >= 4 is 19.2 Å². The average molecular weight is 287 g/mol. The van der Waals surface area contributed by atoms with Crippen molar-refractivity contribution in [3.8, 4) is 0 Å². The zero-order chi connectivity index (χ0) is 14.5. The van der Waals surface area contributed by atoms with Crippen LogP contribution in [0, 0.1) is 5.82 Å². The summed E-state index contributed by atoms with van der Waals surface area (Å²) in [6.07, 6.45) is 0. The molecule has 0 atom stereocenters. The molecule has 0 bridgehead atoms. The van der Waals surface area contributed by atoms with Crippen molar-refractivity contribution in [1.29, 1.82) is 0 Å². The Kier molecular flexibility index (Phi) is 5.42. The fourth-order valence-corrected chi connectivity index (χ4v) is 2.23. The zero-order valence-corrected chi connectivity index (χ0v) is 11.7. The van der Waals surface area contributed by atoms with Crippen molar-refractivity contribution in [3.05, 3.63) is 41.5 Å². The van der Waals surface area contributed by atoms with E-state index in [0.717, 1.165) is 0 Å². The Morgan fingerprint density at radius 1 is 1.26 bits per heavy atom. The number of hydrogen-bond acceptors (Lipinski definition) is 4. The van der Waals surface area contributed by atoms with Crippen LogP contribution >= 0.6 is 7.60 Å². The van der Waals surface area contributed by atoms with E-state index in [0.29, 0.717) is 5.56 Å².